The smallest absolute Gasteiger partial charge is 0.242 e. The van der Waals surface area contributed by atoms with Gasteiger partial charge in [-0.05, 0) is 137 Å². The molecule has 186 valence electrons. The molecule has 3 aliphatic carbocycles. The van der Waals surface area contributed by atoms with Crippen molar-refractivity contribution in [1.82, 2.24) is 0 Å². The predicted molar refractivity (Wildman–Crippen MR) is 147 cm³/mol. The van der Waals surface area contributed by atoms with Crippen molar-refractivity contribution in [3.05, 3.63) is 29.3 Å². The average Bonchev–Trinajstić information content (AvgIpc) is 2.94. The summed E-state index contributed by atoms with van der Waals surface area (Å²) < 4.78 is 20.1. The maximum absolute atomic E-state index is 6.90. The van der Waals surface area contributed by atoms with E-state index >= 15 is 0 Å². The Labute approximate surface area is 206 Å². The summed E-state index contributed by atoms with van der Waals surface area (Å²) in [6, 6.07) is 6.98. The number of hydrogen-bond acceptors (Lipinski definition) is 3. The lowest BCUT2D eigenvalue weighted by molar-refractivity contribution is -0.0283. The summed E-state index contributed by atoms with van der Waals surface area (Å²) in [7, 11) is -4.88. The second-order valence-corrected chi connectivity index (χ2v) is 27.5. The monoisotopic (exact) mass is 504 g/mol. The molecule has 0 spiro atoms. The zero-order chi connectivity index (χ0) is 24.4. The van der Waals surface area contributed by atoms with Crippen molar-refractivity contribution in [3.8, 4) is 5.75 Å². The van der Waals surface area contributed by atoms with Crippen LogP contribution < -0.4 is 4.43 Å². The van der Waals surface area contributed by atoms with Crippen molar-refractivity contribution in [2.24, 2.45) is 17.3 Å². The fourth-order valence-electron chi connectivity index (χ4n) is 7.07. The van der Waals surface area contributed by atoms with E-state index in [0.717, 1.165) is 18.1 Å². The molecule has 3 nitrogen and oxygen atoms in total. The molecule has 0 aromatic heterocycles. The van der Waals surface area contributed by atoms with Gasteiger partial charge in [0.2, 0.25) is 8.32 Å². The molecule has 6 heteroatoms. The summed E-state index contributed by atoms with van der Waals surface area (Å²) in [5.74, 6) is 3.15. The van der Waals surface area contributed by atoms with E-state index in [1.54, 1.807) is 5.56 Å². The Morgan fingerprint density at radius 1 is 0.788 bits per heavy atom. The van der Waals surface area contributed by atoms with Crippen molar-refractivity contribution in [3.63, 3.8) is 0 Å². The van der Waals surface area contributed by atoms with Gasteiger partial charge in [0.1, 0.15) is 5.75 Å². The van der Waals surface area contributed by atoms with Gasteiger partial charge in [-0.2, -0.15) is 0 Å². The number of rotatable bonds is 6. The summed E-state index contributed by atoms with van der Waals surface area (Å²) in [6.45, 7) is 23.4. The molecule has 6 atom stereocenters. The highest BCUT2D eigenvalue weighted by molar-refractivity contribution is 6.70. The third-order valence-electron chi connectivity index (χ3n) is 8.06. The highest BCUT2D eigenvalue weighted by atomic mass is 28.4. The zero-order valence-corrected chi connectivity index (χ0v) is 25.9. The predicted octanol–water partition coefficient (Wildman–Crippen LogP) is 8.33. The molecule has 3 aliphatic rings. The molecular formula is C27H48O3Si3. The first-order chi connectivity index (χ1) is 15.1. The SMILES string of the molecule is CC12CCC3c4ccc(O[Si](C)(C)C)cc4C(O[Si](C)(C)C)CC3C1CCC2O[Si](C)(C)C. The molecule has 0 radical (unpaired) electrons. The first-order valence-electron chi connectivity index (χ1n) is 13.2. The Morgan fingerprint density at radius 3 is 2.06 bits per heavy atom. The Kier molecular flexibility index (Phi) is 6.70. The minimum Gasteiger partial charge on any atom is -0.544 e. The first-order valence-corrected chi connectivity index (χ1v) is 23.5. The van der Waals surface area contributed by atoms with Crippen molar-refractivity contribution in [1.29, 1.82) is 0 Å². The van der Waals surface area contributed by atoms with Crippen molar-refractivity contribution in [2.45, 2.75) is 116 Å². The van der Waals surface area contributed by atoms with Crippen LogP contribution in [0.5, 0.6) is 5.75 Å². The van der Waals surface area contributed by atoms with Crippen LogP contribution in [-0.2, 0) is 8.85 Å². The third kappa shape index (κ3) is 5.55. The minimum atomic E-state index is -1.68. The van der Waals surface area contributed by atoms with Crippen molar-refractivity contribution in [2.75, 3.05) is 0 Å². The summed E-state index contributed by atoms with van der Waals surface area (Å²) in [5.41, 5.74) is 3.30. The van der Waals surface area contributed by atoms with E-state index in [1.165, 1.54) is 31.2 Å². The van der Waals surface area contributed by atoms with Crippen LogP contribution in [0, 0.1) is 17.3 Å². The molecule has 0 amide bonds. The summed E-state index contributed by atoms with van der Waals surface area (Å²) in [4.78, 5) is 0. The summed E-state index contributed by atoms with van der Waals surface area (Å²) in [6.07, 6.45) is 6.95. The Balaban J connectivity index is 1.68. The molecule has 0 N–H and O–H groups in total. The summed E-state index contributed by atoms with van der Waals surface area (Å²) in [5, 5.41) is 0. The Morgan fingerprint density at radius 2 is 1.45 bits per heavy atom. The topological polar surface area (TPSA) is 27.7 Å². The van der Waals surface area contributed by atoms with Crippen LogP contribution in [0.15, 0.2) is 18.2 Å². The molecule has 6 unspecified atom stereocenters. The minimum absolute atomic E-state index is 0.206. The normalized spacial score (nSPS) is 34.4. The van der Waals surface area contributed by atoms with Crippen LogP contribution in [0.1, 0.15) is 62.2 Å². The molecule has 2 fully saturated rings. The zero-order valence-electron chi connectivity index (χ0n) is 22.9. The van der Waals surface area contributed by atoms with E-state index in [0.29, 0.717) is 23.4 Å². The number of hydrogen-bond donors (Lipinski definition) is 0. The third-order valence-corrected chi connectivity index (χ3v) is 10.9. The van der Waals surface area contributed by atoms with Gasteiger partial charge in [-0.1, -0.05) is 13.0 Å². The van der Waals surface area contributed by atoms with Crippen molar-refractivity contribution >= 4 is 25.0 Å². The molecule has 33 heavy (non-hydrogen) atoms. The van der Waals surface area contributed by atoms with Gasteiger partial charge in [-0.25, -0.2) is 0 Å². The second-order valence-electron chi connectivity index (χ2n) is 14.2. The maximum Gasteiger partial charge on any atom is 0.242 e. The maximum atomic E-state index is 6.90. The van der Waals surface area contributed by atoms with Gasteiger partial charge < -0.3 is 13.3 Å². The van der Waals surface area contributed by atoms with Crippen LogP contribution >= 0.6 is 0 Å². The largest absolute Gasteiger partial charge is 0.544 e. The van der Waals surface area contributed by atoms with E-state index in [2.05, 4.69) is 84.0 Å². The molecule has 1 aromatic rings. The van der Waals surface area contributed by atoms with Gasteiger partial charge in [0.25, 0.3) is 0 Å². The van der Waals surface area contributed by atoms with Gasteiger partial charge in [-0.3, -0.25) is 0 Å². The quantitative estimate of drug-likeness (QED) is 0.364. The van der Waals surface area contributed by atoms with Gasteiger partial charge in [-0.15, -0.1) is 0 Å². The lowest BCUT2D eigenvalue weighted by Gasteiger charge is -2.53. The molecule has 4 rings (SSSR count). The lowest BCUT2D eigenvalue weighted by atomic mass is 9.55. The highest BCUT2D eigenvalue weighted by Crippen LogP contribution is 2.63. The molecule has 0 bridgehead atoms. The molecule has 0 heterocycles. The first kappa shape index (κ1) is 25.7. The lowest BCUT2D eigenvalue weighted by Crippen LogP contribution is -2.48. The number of fused-ring (bicyclic) bond motifs is 5. The van der Waals surface area contributed by atoms with Crippen LogP contribution in [0.3, 0.4) is 0 Å². The van der Waals surface area contributed by atoms with Gasteiger partial charge in [0.15, 0.2) is 16.6 Å². The van der Waals surface area contributed by atoms with E-state index < -0.39 is 25.0 Å². The molecular weight excluding hydrogens is 457 g/mol. The van der Waals surface area contributed by atoms with E-state index in [-0.39, 0.29) is 6.10 Å². The van der Waals surface area contributed by atoms with Gasteiger partial charge in [0, 0.05) is 0 Å². The molecule has 2 saturated carbocycles. The van der Waals surface area contributed by atoms with Gasteiger partial charge in [0.05, 0.1) is 12.2 Å². The van der Waals surface area contributed by atoms with Gasteiger partial charge >= 0.3 is 0 Å². The fraction of sp³-hybridized carbons (Fsp3) is 0.778. The number of benzene rings is 1. The van der Waals surface area contributed by atoms with Crippen LogP contribution in [0.4, 0.5) is 0 Å². The van der Waals surface area contributed by atoms with Crippen molar-refractivity contribution < 1.29 is 13.3 Å². The molecule has 1 aromatic carbocycles. The molecule has 0 aliphatic heterocycles. The van der Waals surface area contributed by atoms with E-state index in [9.17, 15) is 0 Å². The highest BCUT2D eigenvalue weighted by Gasteiger charge is 2.57. The molecule has 0 saturated heterocycles. The second kappa shape index (κ2) is 8.61. The standard InChI is InChI=1S/C27H48O3Si3/c1-27-16-15-21-20-12-11-19(28-31(2,3)4)17-23(20)25(29-32(5,6)7)18-22(21)24(27)13-14-26(27)30-33(8,9)10/h11-12,17,21-22,24-26H,13-16,18H2,1-10H3. The van der Waals surface area contributed by atoms with Crippen LogP contribution in [0.25, 0.3) is 0 Å². The fourth-order valence-corrected chi connectivity index (χ4v) is 10.2. The van der Waals surface area contributed by atoms with E-state index in [4.69, 9.17) is 13.3 Å². The Hall–Kier alpha value is -0.409. The van der Waals surface area contributed by atoms with Crippen LogP contribution in [-0.4, -0.2) is 31.1 Å². The van der Waals surface area contributed by atoms with Crippen LogP contribution in [0.2, 0.25) is 58.9 Å². The average molecular weight is 505 g/mol. The van der Waals surface area contributed by atoms with E-state index in [1.807, 2.05) is 0 Å². The Bertz CT molecular complexity index is 867. The summed E-state index contributed by atoms with van der Waals surface area (Å²) >= 11 is 0.